The van der Waals surface area contributed by atoms with E-state index in [9.17, 15) is 9.18 Å². The second kappa shape index (κ2) is 8.85. The molecule has 0 aliphatic carbocycles. The first-order chi connectivity index (χ1) is 10.7. The smallest absolute Gasteiger partial charge is 0.206 e. The zero-order valence-electron chi connectivity index (χ0n) is 12.3. The van der Waals surface area contributed by atoms with Gasteiger partial charge in [-0.1, -0.05) is 30.0 Å². The van der Waals surface area contributed by atoms with E-state index in [0.29, 0.717) is 12.0 Å². The van der Waals surface area contributed by atoms with E-state index in [4.69, 9.17) is 0 Å². The summed E-state index contributed by atoms with van der Waals surface area (Å²) in [7, 11) is 0. The van der Waals surface area contributed by atoms with Crippen molar-refractivity contribution < 1.29 is 9.18 Å². The number of hydrogen-bond donors (Lipinski definition) is 1. The maximum atomic E-state index is 12.8. The molecule has 0 saturated carbocycles. The molecule has 1 heterocycles. The number of halogens is 1. The average Bonchev–Trinajstić information content (AvgIpc) is 2.98. The molecule has 0 spiro atoms. The fourth-order valence-electron chi connectivity index (χ4n) is 1.74. The van der Waals surface area contributed by atoms with E-state index in [2.05, 4.69) is 22.4 Å². The number of nitrogens with zero attached hydrogens (tertiary/aromatic N) is 2. The predicted octanol–water partition coefficient (Wildman–Crippen LogP) is 4.25. The van der Waals surface area contributed by atoms with Crippen molar-refractivity contribution in [2.75, 3.05) is 17.6 Å². The number of hydrogen-bond acceptors (Lipinski definition) is 6. The van der Waals surface area contributed by atoms with Crippen LogP contribution in [0.5, 0.6) is 0 Å². The number of aromatic nitrogens is 2. The molecule has 0 unspecified atom stereocenters. The van der Waals surface area contributed by atoms with Gasteiger partial charge in [0.25, 0.3) is 0 Å². The van der Waals surface area contributed by atoms with Crippen molar-refractivity contribution in [3.05, 3.63) is 35.6 Å². The Morgan fingerprint density at radius 1 is 1.32 bits per heavy atom. The third-order valence-corrected chi connectivity index (χ3v) is 4.97. The van der Waals surface area contributed by atoms with Gasteiger partial charge in [-0.15, -0.1) is 10.2 Å². The fraction of sp³-hybridized carbons (Fsp3) is 0.400. The van der Waals surface area contributed by atoms with E-state index in [1.54, 1.807) is 11.8 Å². The van der Waals surface area contributed by atoms with E-state index in [0.717, 1.165) is 34.6 Å². The molecule has 2 rings (SSSR count). The van der Waals surface area contributed by atoms with Gasteiger partial charge in [-0.2, -0.15) is 0 Å². The summed E-state index contributed by atoms with van der Waals surface area (Å²) in [6.07, 6.45) is 2.27. The lowest BCUT2D eigenvalue weighted by atomic mass is 10.1. The first-order valence-corrected chi connectivity index (χ1v) is 8.98. The summed E-state index contributed by atoms with van der Waals surface area (Å²) in [5.74, 6) is 0.536. The lowest BCUT2D eigenvalue weighted by molar-refractivity contribution is 0.0982. The first-order valence-electron chi connectivity index (χ1n) is 7.18. The van der Waals surface area contributed by atoms with E-state index >= 15 is 0 Å². The molecule has 4 nitrogen and oxygen atoms in total. The number of benzene rings is 1. The van der Waals surface area contributed by atoms with Crippen LogP contribution in [-0.2, 0) is 0 Å². The van der Waals surface area contributed by atoms with Crippen molar-refractivity contribution in [3.63, 3.8) is 0 Å². The van der Waals surface area contributed by atoms with Crippen LogP contribution in [-0.4, -0.2) is 28.3 Å². The van der Waals surface area contributed by atoms with Gasteiger partial charge in [0, 0.05) is 24.3 Å². The second-order valence-corrected chi connectivity index (χ2v) is 7.00. The molecule has 0 aliphatic rings. The molecule has 22 heavy (non-hydrogen) atoms. The minimum absolute atomic E-state index is 0.0446. The lowest BCUT2D eigenvalue weighted by Gasteiger charge is -2.00. The van der Waals surface area contributed by atoms with Crippen molar-refractivity contribution in [2.45, 2.75) is 30.5 Å². The number of Topliss-reactive ketones (excluding diaryl/α,β-unsaturated/α-hetero) is 1. The highest BCUT2D eigenvalue weighted by Gasteiger charge is 2.07. The van der Waals surface area contributed by atoms with E-state index in [-0.39, 0.29) is 11.6 Å². The van der Waals surface area contributed by atoms with E-state index in [1.807, 2.05) is 0 Å². The molecule has 0 aliphatic heterocycles. The van der Waals surface area contributed by atoms with Gasteiger partial charge >= 0.3 is 0 Å². The Morgan fingerprint density at radius 3 is 2.82 bits per heavy atom. The molecule has 1 N–H and O–H groups in total. The lowest BCUT2D eigenvalue weighted by Crippen LogP contribution is -1.99. The summed E-state index contributed by atoms with van der Waals surface area (Å²) in [6.45, 7) is 2.99. The molecule has 0 amide bonds. The highest BCUT2D eigenvalue weighted by atomic mass is 32.2. The maximum absolute atomic E-state index is 12.8. The van der Waals surface area contributed by atoms with Gasteiger partial charge in [-0.25, -0.2) is 4.39 Å². The van der Waals surface area contributed by atoms with Crippen LogP contribution in [0, 0.1) is 5.82 Å². The molecule has 0 radical (unpaired) electrons. The molecular formula is C15H18FN3OS2. The number of thioether (sulfide) groups is 1. The standard InChI is InChI=1S/C15H18FN3OS2/c1-2-9-17-14-18-19-15(22-14)21-10-3-4-13(20)11-5-7-12(16)8-6-11/h5-8H,2-4,9-10H2,1H3,(H,17,18). The Balaban J connectivity index is 1.69. The van der Waals surface area contributed by atoms with Gasteiger partial charge in [-0.3, -0.25) is 4.79 Å². The Hall–Kier alpha value is -1.47. The second-order valence-electron chi connectivity index (χ2n) is 4.68. The van der Waals surface area contributed by atoms with Gasteiger partial charge in [0.15, 0.2) is 10.1 Å². The van der Waals surface area contributed by atoms with Crippen molar-refractivity contribution in [3.8, 4) is 0 Å². The molecule has 0 bridgehead atoms. The summed E-state index contributed by atoms with van der Waals surface area (Å²) in [5.41, 5.74) is 0.563. The Labute approximate surface area is 137 Å². The quantitative estimate of drug-likeness (QED) is 0.420. The van der Waals surface area contributed by atoms with Gasteiger partial charge < -0.3 is 5.32 Å². The van der Waals surface area contributed by atoms with Crippen LogP contribution in [0.15, 0.2) is 28.6 Å². The van der Waals surface area contributed by atoms with Crippen LogP contribution in [0.25, 0.3) is 0 Å². The topological polar surface area (TPSA) is 54.9 Å². The minimum atomic E-state index is -0.323. The normalized spacial score (nSPS) is 10.6. The monoisotopic (exact) mass is 339 g/mol. The number of carbonyl (C=O) groups is 1. The highest BCUT2D eigenvalue weighted by molar-refractivity contribution is 8.01. The van der Waals surface area contributed by atoms with Gasteiger partial charge in [0.2, 0.25) is 5.13 Å². The zero-order chi connectivity index (χ0) is 15.8. The van der Waals surface area contributed by atoms with Crippen LogP contribution in [0.2, 0.25) is 0 Å². The molecule has 7 heteroatoms. The molecule has 0 atom stereocenters. The third-order valence-electron chi connectivity index (χ3n) is 2.87. The number of nitrogens with one attached hydrogen (secondary N) is 1. The zero-order valence-corrected chi connectivity index (χ0v) is 14.0. The molecule has 0 saturated heterocycles. The van der Waals surface area contributed by atoms with Crippen molar-refractivity contribution in [2.24, 2.45) is 0 Å². The van der Waals surface area contributed by atoms with E-state index < -0.39 is 0 Å². The highest BCUT2D eigenvalue weighted by Crippen LogP contribution is 2.26. The molecular weight excluding hydrogens is 321 g/mol. The molecule has 1 aromatic heterocycles. The van der Waals surface area contributed by atoms with Crippen LogP contribution in [0.4, 0.5) is 9.52 Å². The summed E-state index contributed by atoms with van der Waals surface area (Å²) in [4.78, 5) is 11.9. The van der Waals surface area contributed by atoms with Crippen LogP contribution in [0.1, 0.15) is 36.5 Å². The maximum Gasteiger partial charge on any atom is 0.206 e. The Morgan fingerprint density at radius 2 is 2.09 bits per heavy atom. The molecule has 118 valence electrons. The van der Waals surface area contributed by atoms with Crippen LogP contribution in [0.3, 0.4) is 0 Å². The fourth-order valence-corrected chi connectivity index (χ4v) is 3.53. The number of carbonyl (C=O) groups excluding carboxylic acids is 1. The Bertz CT molecular complexity index is 601. The molecule has 0 fully saturated rings. The van der Waals surface area contributed by atoms with Gasteiger partial charge in [0.05, 0.1) is 0 Å². The van der Waals surface area contributed by atoms with Crippen LogP contribution < -0.4 is 5.32 Å². The summed E-state index contributed by atoms with van der Waals surface area (Å²) < 4.78 is 13.7. The van der Waals surface area contributed by atoms with Gasteiger partial charge in [-0.05, 0) is 37.1 Å². The predicted molar refractivity (Wildman–Crippen MR) is 89.4 cm³/mol. The first kappa shape index (κ1) is 16.9. The number of ketones is 1. The molecule has 2 aromatic rings. The largest absolute Gasteiger partial charge is 0.360 e. The van der Waals surface area contributed by atoms with Crippen molar-refractivity contribution in [1.82, 2.24) is 10.2 Å². The minimum Gasteiger partial charge on any atom is -0.360 e. The van der Waals surface area contributed by atoms with Crippen LogP contribution >= 0.6 is 23.1 Å². The van der Waals surface area contributed by atoms with Crippen molar-refractivity contribution >= 4 is 34.0 Å². The summed E-state index contributed by atoms with van der Waals surface area (Å²) in [6, 6.07) is 5.69. The van der Waals surface area contributed by atoms with Gasteiger partial charge in [0.1, 0.15) is 5.82 Å². The SMILES string of the molecule is CCCNc1nnc(SCCCC(=O)c2ccc(F)cc2)s1. The van der Waals surface area contributed by atoms with Crippen molar-refractivity contribution in [1.29, 1.82) is 0 Å². The molecule has 1 aromatic carbocycles. The van der Waals surface area contributed by atoms with E-state index in [1.165, 1.54) is 35.6 Å². The Kier molecular flexibility index (Phi) is 6.79. The summed E-state index contributed by atoms with van der Waals surface area (Å²) in [5, 5.41) is 12.2. The number of anilines is 1. The third kappa shape index (κ3) is 5.38. The number of rotatable bonds is 9. The summed E-state index contributed by atoms with van der Waals surface area (Å²) >= 11 is 3.14. The average molecular weight is 339 g/mol.